The van der Waals surface area contributed by atoms with E-state index in [1.165, 1.54) is 17.0 Å². The molecule has 39 heavy (non-hydrogen) atoms. The molecule has 0 aromatic heterocycles. The second-order valence-electron chi connectivity index (χ2n) is 10.6. The van der Waals surface area contributed by atoms with Crippen LogP contribution in [0.3, 0.4) is 0 Å². The van der Waals surface area contributed by atoms with Crippen LogP contribution in [0.2, 0.25) is 5.02 Å². The van der Waals surface area contributed by atoms with Crippen molar-refractivity contribution in [3.63, 3.8) is 0 Å². The van der Waals surface area contributed by atoms with Crippen molar-refractivity contribution in [3.8, 4) is 5.75 Å². The Balaban J connectivity index is 1.59. The maximum atomic E-state index is 13.6. The largest absolute Gasteiger partial charge is 0.522 e. The summed E-state index contributed by atoms with van der Waals surface area (Å²) in [5.41, 5.74) is -0.858. The van der Waals surface area contributed by atoms with Crippen LogP contribution < -0.4 is 15.4 Å². The fourth-order valence-electron chi connectivity index (χ4n) is 4.53. The molecule has 1 heterocycles. The van der Waals surface area contributed by atoms with Gasteiger partial charge in [-0.05, 0) is 65.0 Å². The highest BCUT2D eigenvalue weighted by Crippen LogP contribution is 2.30. The summed E-state index contributed by atoms with van der Waals surface area (Å²) in [4.78, 5) is 39.7. The molecule has 2 aliphatic rings. The summed E-state index contributed by atoms with van der Waals surface area (Å²) in [7, 11) is 0. The first-order valence-corrected chi connectivity index (χ1v) is 12.9. The smallest absolute Gasteiger partial charge is 0.484 e. The van der Waals surface area contributed by atoms with Crippen molar-refractivity contribution in [2.45, 2.75) is 89.1 Å². The molecule has 9 nitrogen and oxygen atoms in total. The molecule has 0 spiro atoms. The van der Waals surface area contributed by atoms with Gasteiger partial charge < -0.3 is 20.1 Å². The Hall–Kier alpha value is -2.80. The molecule has 1 aliphatic heterocycles. The molecular formula is C25H32ClF4N3O6. The summed E-state index contributed by atoms with van der Waals surface area (Å²) in [6.07, 6.45) is -5.60. The molecular weight excluding hydrogens is 550 g/mol. The van der Waals surface area contributed by atoms with Crippen LogP contribution in [0.1, 0.15) is 52.9 Å². The van der Waals surface area contributed by atoms with E-state index in [4.69, 9.17) is 21.1 Å². The molecule has 3 amide bonds. The quantitative estimate of drug-likeness (QED) is 0.465. The molecule has 14 heteroatoms. The summed E-state index contributed by atoms with van der Waals surface area (Å²) in [5.74, 6) is -1.63. The molecule has 2 N–H and O–H groups in total. The standard InChI is InChI=1S/C25H32ClF4N3O6/c1-24(2,3)39-23(36)33-12-15(31-21(34)13-37-16-7-8-18(26)19(27)11-16)5-9-20(33)22(35)32-14-4-6-17(10-14)38-25(28,29)30/h7-8,11,14-15,17,20H,4-6,9-10,12-13H2,1-3H3,(H,31,34)(H,32,35)/t14?,15-,17?,20+/m0/s1. The van der Waals surface area contributed by atoms with E-state index in [1.54, 1.807) is 20.8 Å². The average Bonchev–Trinajstić information content (AvgIpc) is 3.23. The second kappa shape index (κ2) is 12.6. The van der Waals surface area contributed by atoms with Crippen molar-refractivity contribution in [2.24, 2.45) is 0 Å². The van der Waals surface area contributed by atoms with E-state index in [9.17, 15) is 31.9 Å². The van der Waals surface area contributed by atoms with Gasteiger partial charge in [0.1, 0.15) is 23.2 Å². The highest BCUT2D eigenvalue weighted by molar-refractivity contribution is 6.30. The number of hydrogen-bond acceptors (Lipinski definition) is 6. The Morgan fingerprint density at radius 3 is 2.38 bits per heavy atom. The predicted octanol–water partition coefficient (Wildman–Crippen LogP) is 4.32. The van der Waals surface area contributed by atoms with E-state index >= 15 is 0 Å². The van der Waals surface area contributed by atoms with Gasteiger partial charge in [-0.15, -0.1) is 13.2 Å². The Bertz CT molecular complexity index is 1050. The van der Waals surface area contributed by atoms with Gasteiger partial charge in [-0.1, -0.05) is 11.6 Å². The van der Waals surface area contributed by atoms with Crippen LogP contribution in [0, 0.1) is 5.82 Å². The Morgan fingerprint density at radius 1 is 1.05 bits per heavy atom. The zero-order chi connectivity index (χ0) is 29.0. The Morgan fingerprint density at radius 2 is 1.74 bits per heavy atom. The highest BCUT2D eigenvalue weighted by atomic mass is 35.5. The first kappa shape index (κ1) is 30.7. The van der Waals surface area contributed by atoms with Crippen LogP contribution in [0.15, 0.2) is 18.2 Å². The van der Waals surface area contributed by atoms with E-state index < -0.39 is 66.5 Å². The molecule has 1 aliphatic carbocycles. The van der Waals surface area contributed by atoms with Gasteiger partial charge >= 0.3 is 12.5 Å². The number of benzene rings is 1. The number of nitrogens with one attached hydrogen (secondary N) is 2. The number of hydrogen-bond donors (Lipinski definition) is 2. The van der Waals surface area contributed by atoms with Crippen LogP contribution >= 0.6 is 11.6 Å². The molecule has 1 saturated heterocycles. The fraction of sp³-hybridized carbons (Fsp3) is 0.640. The number of carbonyl (C=O) groups excluding carboxylic acids is 3. The molecule has 0 bridgehead atoms. The van der Waals surface area contributed by atoms with Gasteiger partial charge in [0.15, 0.2) is 6.61 Å². The number of alkyl halides is 3. The van der Waals surface area contributed by atoms with E-state index in [1.807, 2.05) is 0 Å². The van der Waals surface area contributed by atoms with Gasteiger partial charge in [0.25, 0.3) is 5.91 Å². The second-order valence-corrected chi connectivity index (χ2v) is 11.0. The number of likely N-dealkylation sites (tertiary alicyclic amines) is 1. The van der Waals surface area contributed by atoms with Crippen molar-refractivity contribution >= 4 is 29.5 Å². The third-order valence-electron chi connectivity index (χ3n) is 6.17. The zero-order valence-electron chi connectivity index (χ0n) is 21.8. The number of ether oxygens (including phenoxy) is 3. The molecule has 2 unspecified atom stereocenters. The Labute approximate surface area is 228 Å². The highest BCUT2D eigenvalue weighted by Gasteiger charge is 2.41. The molecule has 1 aromatic carbocycles. The van der Waals surface area contributed by atoms with Crippen LogP contribution in [-0.4, -0.2) is 72.2 Å². The van der Waals surface area contributed by atoms with E-state index in [-0.39, 0.29) is 36.6 Å². The van der Waals surface area contributed by atoms with Gasteiger partial charge in [0.2, 0.25) is 5.91 Å². The maximum absolute atomic E-state index is 13.6. The number of halogens is 5. The molecule has 1 aromatic rings. The minimum atomic E-state index is -4.75. The molecule has 3 rings (SSSR count). The number of amides is 3. The molecule has 2 fully saturated rings. The summed E-state index contributed by atoms with van der Waals surface area (Å²) in [6, 6.07) is 1.75. The summed E-state index contributed by atoms with van der Waals surface area (Å²) < 4.78 is 66.0. The van der Waals surface area contributed by atoms with E-state index in [0.29, 0.717) is 12.8 Å². The van der Waals surface area contributed by atoms with E-state index in [0.717, 1.165) is 6.07 Å². The van der Waals surface area contributed by atoms with Crippen molar-refractivity contribution in [1.82, 2.24) is 15.5 Å². The van der Waals surface area contributed by atoms with Gasteiger partial charge in [0, 0.05) is 24.7 Å². The zero-order valence-corrected chi connectivity index (χ0v) is 22.5. The number of rotatable bonds is 7. The minimum absolute atomic E-state index is 0.000604. The lowest BCUT2D eigenvalue weighted by atomic mass is 9.97. The van der Waals surface area contributed by atoms with Crippen molar-refractivity contribution in [1.29, 1.82) is 0 Å². The third kappa shape index (κ3) is 9.71. The number of carbonyl (C=O) groups is 3. The van der Waals surface area contributed by atoms with Gasteiger partial charge in [-0.3, -0.25) is 19.2 Å². The molecule has 4 atom stereocenters. The van der Waals surface area contributed by atoms with Crippen molar-refractivity contribution in [2.75, 3.05) is 13.2 Å². The summed E-state index contributed by atoms with van der Waals surface area (Å²) >= 11 is 5.63. The lowest BCUT2D eigenvalue weighted by molar-refractivity contribution is -0.341. The van der Waals surface area contributed by atoms with Gasteiger partial charge in [-0.25, -0.2) is 9.18 Å². The van der Waals surface area contributed by atoms with E-state index in [2.05, 4.69) is 15.4 Å². The van der Waals surface area contributed by atoms with Crippen molar-refractivity contribution in [3.05, 3.63) is 29.0 Å². The first-order valence-electron chi connectivity index (χ1n) is 12.5. The number of piperidine rings is 1. The van der Waals surface area contributed by atoms with Crippen LogP contribution in [0.5, 0.6) is 5.75 Å². The van der Waals surface area contributed by atoms with Gasteiger partial charge in [-0.2, -0.15) is 0 Å². The van der Waals surface area contributed by atoms with Crippen LogP contribution in [-0.2, 0) is 19.1 Å². The SMILES string of the molecule is CC(C)(C)OC(=O)N1C[C@@H](NC(=O)COc2ccc(Cl)c(F)c2)CC[C@@H]1C(=O)NC1CCC(OC(F)(F)F)C1. The third-order valence-corrected chi connectivity index (χ3v) is 6.48. The predicted molar refractivity (Wildman–Crippen MR) is 132 cm³/mol. The van der Waals surface area contributed by atoms with Crippen molar-refractivity contribution < 1.29 is 46.2 Å². The Kier molecular flexibility index (Phi) is 9.92. The topological polar surface area (TPSA) is 106 Å². The van der Waals surface area contributed by atoms with Gasteiger partial charge in [0.05, 0.1) is 11.1 Å². The summed E-state index contributed by atoms with van der Waals surface area (Å²) in [5, 5.41) is 5.38. The first-order chi connectivity index (χ1) is 18.1. The lowest BCUT2D eigenvalue weighted by Gasteiger charge is -2.39. The maximum Gasteiger partial charge on any atom is 0.522 e. The lowest BCUT2D eigenvalue weighted by Crippen LogP contribution is -2.60. The average molecular weight is 582 g/mol. The monoisotopic (exact) mass is 581 g/mol. The summed E-state index contributed by atoms with van der Waals surface area (Å²) in [6.45, 7) is 4.54. The van der Waals surface area contributed by atoms with Crippen LogP contribution in [0.4, 0.5) is 22.4 Å². The molecule has 1 saturated carbocycles. The molecule has 0 radical (unpaired) electrons. The number of nitrogens with zero attached hydrogens (tertiary/aromatic N) is 1. The van der Waals surface area contributed by atoms with Crippen LogP contribution in [0.25, 0.3) is 0 Å². The fourth-order valence-corrected chi connectivity index (χ4v) is 4.65. The molecule has 218 valence electrons. The normalized spacial score (nSPS) is 23.7. The minimum Gasteiger partial charge on any atom is -0.484 e.